The number of nitrogens with zero attached hydrogens (tertiary/aromatic N) is 1. The summed E-state index contributed by atoms with van der Waals surface area (Å²) < 4.78 is 0. The number of likely N-dealkylation sites (tertiary alicyclic amines) is 1. The largest absolute Gasteiger partial charge is 0.323 e. The van der Waals surface area contributed by atoms with Crippen molar-refractivity contribution < 1.29 is 9.59 Å². The second-order valence-corrected chi connectivity index (χ2v) is 3.92. The molecule has 2 aliphatic heterocycles. The molecule has 5 nitrogen and oxygen atoms in total. The number of hydrogen-bond acceptors (Lipinski definition) is 3. The van der Waals surface area contributed by atoms with E-state index in [2.05, 4.69) is 22.5 Å². The predicted molar refractivity (Wildman–Crippen MR) is 50.8 cm³/mol. The van der Waals surface area contributed by atoms with Crippen LogP contribution in [-0.4, -0.2) is 42.0 Å². The molecule has 0 bridgehead atoms. The number of nitrogens with one attached hydrogen (secondary N) is 2. The Labute approximate surface area is 82.8 Å². The van der Waals surface area contributed by atoms with Crippen molar-refractivity contribution in [1.29, 1.82) is 0 Å². The van der Waals surface area contributed by atoms with Crippen LogP contribution in [0.1, 0.15) is 19.8 Å². The molecule has 2 saturated heterocycles. The first kappa shape index (κ1) is 9.45. The smallest absolute Gasteiger partial charge is 0.322 e. The normalized spacial score (nSPS) is 26.4. The van der Waals surface area contributed by atoms with Gasteiger partial charge in [0, 0.05) is 13.1 Å². The Morgan fingerprint density at radius 1 is 1.36 bits per heavy atom. The highest BCUT2D eigenvalue weighted by Crippen LogP contribution is 2.24. The van der Waals surface area contributed by atoms with E-state index in [1.165, 1.54) is 0 Å². The number of imide groups is 1. The summed E-state index contributed by atoms with van der Waals surface area (Å²) in [5, 5.41) is 5.04. The van der Waals surface area contributed by atoms with Crippen molar-refractivity contribution in [2.24, 2.45) is 0 Å². The van der Waals surface area contributed by atoms with Crippen LogP contribution in [0.5, 0.6) is 0 Å². The van der Waals surface area contributed by atoms with Crippen molar-refractivity contribution in [1.82, 2.24) is 15.5 Å². The first-order valence-electron chi connectivity index (χ1n) is 5.02. The molecule has 1 spiro atoms. The fraction of sp³-hybridized carbons (Fsp3) is 0.778. The van der Waals surface area contributed by atoms with Gasteiger partial charge in [-0.25, -0.2) is 4.79 Å². The molecule has 2 aliphatic rings. The fourth-order valence-corrected chi connectivity index (χ4v) is 2.13. The van der Waals surface area contributed by atoms with E-state index < -0.39 is 5.54 Å². The highest BCUT2D eigenvalue weighted by Gasteiger charge is 2.47. The van der Waals surface area contributed by atoms with E-state index in [1.807, 2.05) is 0 Å². The van der Waals surface area contributed by atoms with Gasteiger partial charge in [0.05, 0.1) is 0 Å². The summed E-state index contributed by atoms with van der Waals surface area (Å²) in [6.07, 6.45) is 1.44. The fourth-order valence-electron chi connectivity index (χ4n) is 2.13. The van der Waals surface area contributed by atoms with Crippen LogP contribution >= 0.6 is 0 Å². The van der Waals surface area contributed by atoms with Crippen LogP contribution in [0.25, 0.3) is 0 Å². The first-order valence-corrected chi connectivity index (χ1v) is 5.02. The molecule has 0 unspecified atom stereocenters. The van der Waals surface area contributed by atoms with Crippen molar-refractivity contribution in [2.45, 2.75) is 25.3 Å². The Hall–Kier alpha value is -1.10. The molecule has 5 heteroatoms. The van der Waals surface area contributed by atoms with Crippen molar-refractivity contribution in [3.8, 4) is 0 Å². The number of urea groups is 1. The molecule has 14 heavy (non-hydrogen) atoms. The molecule has 0 aromatic heterocycles. The van der Waals surface area contributed by atoms with Gasteiger partial charge in [-0.1, -0.05) is 6.92 Å². The van der Waals surface area contributed by atoms with Crippen molar-refractivity contribution in [2.75, 3.05) is 19.6 Å². The second-order valence-electron chi connectivity index (χ2n) is 3.92. The summed E-state index contributed by atoms with van der Waals surface area (Å²) in [5.41, 5.74) is -0.608. The van der Waals surface area contributed by atoms with Crippen LogP contribution < -0.4 is 10.6 Å². The van der Waals surface area contributed by atoms with Gasteiger partial charge >= 0.3 is 6.03 Å². The molecule has 0 atom stereocenters. The molecule has 2 heterocycles. The van der Waals surface area contributed by atoms with Crippen LogP contribution in [0.4, 0.5) is 4.79 Å². The van der Waals surface area contributed by atoms with Crippen LogP contribution in [0.3, 0.4) is 0 Å². The molecule has 2 rings (SSSR count). The maximum atomic E-state index is 11.5. The van der Waals surface area contributed by atoms with E-state index in [0.717, 1.165) is 32.5 Å². The first-order chi connectivity index (χ1) is 6.66. The number of amides is 3. The average molecular weight is 197 g/mol. The van der Waals surface area contributed by atoms with Gasteiger partial charge in [-0.2, -0.15) is 0 Å². The van der Waals surface area contributed by atoms with E-state index in [0.29, 0.717) is 0 Å². The average Bonchev–Trinajstić information content (AvgIpc) is 2.43. The number of rotatable bonds is 1. The van der Waals surface area contributed by atoms with Gasteiger partial charge in [0.1, 0.15) is 5.54 Å². The minimum atomic E-state index is -0.608. The topological polar surface area (TPSA) is 61.4 Å². The molecule has 0 aliphatic carbocycles. The van der Waals surface area contributed by atoms with Gasteiger partial charge in [0.25, 0.3) is 5.91 Å². The van der Waals surface area contributed by atoms with Gasteiger partial charge in [0.15, 0.2) is 0 Å². The Bertz CT molecular complexity index is 269. The van der Waals surface area contributed by atoms with Gasteiger partial charge in [-0.15, -0.1) is 0 Å². The molecule has 0 saturated carbocycles. The Morgan fingerprint density at radius 2 is 2.00 bits per heavy atom. The van der Waals surface area contributed by atoms with Crippen LogP contribution in [0, 0.1) is 0 Å². The van der Waals surface area contributed by atoms with Gasteiger partial charge in [-0.3, -0.25) is 10.1 Å². The molecule has 3 amide bonds. The van der Waals surface area contributed by atoms with Crippen molar-refractivity contribution >= 4 is 11.9 Å². The molecule has 2 N–H and O–H groups in total. The van der Waals surface area contributed by atoms with Crippen LogP contribution in [0.15, 0.2) is 0 Å². The quantitative estimate of drug-likeness (QED) is 0.566. The number of hydrogen-bond donors (Lipinski definition) is 2. The molecule has 2 fully saturated rings. The highest BCUT2D eigenvalue weighted by atomic mass is 16.2. The molecule has 0 radical (unpaired) electrons. The number of piperidine rings is 1. The summed E-state index contributed by atoms with van der Waals surface area (Å²) in [4.78, 5) is 24.8. The Morgan fingerprint density at radius 3 is 2.43 bits per heavy atom. The monoisotopic (exact) mass is 197 g/mol. The zero-order valence-electron chi connectivity index (χ0n) is 8.30. The minimum Gasteiger partial charge on any atom is -0.323 e. The Kier molecular flexibility index (Phi) is 2.19. The SMILES string of the molecule is CCN1CCC2(CC1)NC(=O)NC2=O. The zero-order chi connectivity index (χ0) is 10.2. The third-order valence-corrected chi connectivity index (χ3v) is 3.17. The van der Waals surface area contributed by atoms with E-state index in [4.69, 9.17) is 0 Å². The van der Waals surface area contributed by atoms with Gasteiger partial charge < -0.3 is 10.2 Å². The standard InChI is InChI=1S/C9H15N3O2/c1-2-12-5-3-9(4-6-12)7(13)10-8(14)11-9/h2-6H2,1H3,(H2,10,11,13,14). The van der Waals surface area contributed by atoms with Gasteiger partial charge in [0.2, 0.25) is 0 Å². The summed E-state index contributed by atoms with van der Waals surface area (Å²) in [7, 11) is 0. The summed E-state index contributed by atoms with van der Waals surface area (Å²) in [6, 6.07) is -0.347. The lowest BCUT2D eigenvalue weighted by Crippen LogP contribution is -2.54. The Balaban J connectivity index is 2.05. The number of carbonyl (C=O) groups is 2. The molecular formula is C9H15N3O2. The van der Waals surface area contributed by atoms with Crippen LogP contribution in [0.2, 0.25) is 0 Å². The van der Waals surface area contributed by atoms with E-state index in [9.17, 15) is 9.59 Å². The lowest BCUT2D eigenvalue weighted by molar-refractivity contribution is -0.125. The second kappa shape index (κ2) is 3.24. The summed E-state index contributed by atoms with van der Waals surface area (Å²) in [6.45, 7) is 4.87. The van der Waals surface area contributed by atoms with Crippen LogP contribution in [-0.2, 0) is 4.79 Å². The van der Waals surface area contributed by atoms with E-state index >= 15 is 0 Å². The third-order valence-electron chi connectivity index (χ3n) is 3.17. The highest BCUT2D eigenvalue weighted by molar-refractivity contribution is 6.07. The predicted octanol–water partition coefficient (Wildman–Crippen LogP) is -0.320. The molecule has 78 valence electrons. The molecular weight excluding hydrogens is 182 g/mol. The number of carbonyl (C=O) groups excluding carboxylic acids is 2. The van der Waals surface area contributed by atoms with Crippen molar-refractivity contribution in [3.05, 3.63) is 0 Å². The van der Waals surface area contributed by atoms with E-state index in [1.54, 1.807) is 0 Å². The summed E-state index contributed by atoms with van der Waals surface area (Å²) >= 11 is 0. The van der Waals surface area contributed by atoms with E-state index in [-0.39, 0.29) is 11.9 Å². The lowest BCUT2D eigenvalue weighted by Gasteiger charge is -2.36. The molecule has 0 aromatic rings. The summed E-state index contributed by atoms with van der Waals surface area (Å²) in [5.74, 6) is -0.154. The third kappa shape index (κ3) is 1.37. The lowest BCUT2D eigenvalue weighted by atomic mass is 9.88. The maximum absolute atomic E-state index is 11.5. The zero-order valence-corrected chi connectivity index (χ0v) is 8.30. The maximum Gasteiger partial charge on any atom is 0.322 e. The van der Waals surface area contributed by atoms with Gasteiger partial charge in [-0.05, 0) is 19.4 Å². The molecule has 0 aromatic carbocycles. The minimum absolute atomic E-state index is 0.154. The van der Waals surface area contributed by atoms with Crippen molar-refractivity contribution in [3.63, 3.8) is 0 Å².